The van der Waals surface area contributed by atoms with E-state index in [2.05, 4.69) is 0 Å². The Morgan fingerprint density at radius 1 is 0.571 bits per heavy atom. The summed E-state index contributed by atoms with van der Waals surface area (Å²) in [7, 11) is 0. The highest BCUT2D eigenvalue weighted by molar-refractivity contribution is 5.06. The Morgan fingerprint density at radius 2 is 0.714 bits per heavy atom. The first kappa shape index (κ1) is 11.9. The van der Waals surface area contributed by atoms with Crippen LogP contribution >= 0.6 is 0 Å². The molecule has 4 N–H and O–H groups in total. The zero-order valence-electron chi connectivity index (χ0n) is 9.10. The van der Waals surface area contributed by atoms with Crippen molar-refractivity contribution in [3.8, 4) is 0 Å². The lowest BCUT2D eigenvalue weighted by molar-refractivity contribution is -0.238. The lowest BCUT2D eigenvalue weighted by Gasteiger charge is -2.53. The third-order valence-corrected chi connectivity index (χ3v) is 3.65. The number of hydrogen-bond donors (Lipinski definition) is 4. The maximum Gasteiger partial charge on any atom is 0.0881 e. The zero-order chi connectivity index (χ0) is 11.3. The molecule has 0 spiro atoms. The van der Waals surface area contributed by atoms with E-state index >= 15 is 0 Å². The maximum atomic E-state index is 9.81. The van der Waals surface area contributed by atoms with Crippen molar-refractivity contribution in [1.82, 2.24) is 0 Å². The van der Waals surface area contributed by atoms with Crippen molar-refractivity contribution >= 4 is 0 Å². The molecule has 0 aliphatic heterocycles. The third-order valence-electron chi connectivity index (χ3n) is 3.65. The van der Waals surface area contributed by atoms with Gasteiger partial charge in [-0.15, -0.1) is 0 Å². The molecule has 0 aromatic carbocycles. The van der Waals surface area contributed by atoms with Crippen LogP contribution in [-0.2, 0) is 0 Å². The molecule has 84 valence electrons. The summed E-state index contributed by atoms with van der Waals surface area (Å²) >= 11 is 0. The summed E-state index contributed by atoms with van der Waals surface area (Å²) in [4.78, 5) is 0. The Morgan fingerprint density at radius 3 is 0.857 bits per heavy atom. The SMILES string of the molecule is CC1(C)C(O)C(O)C(C)(C)C(O)C1O. The van der Waals surface area contributed by atoms with E-state index in [4.69, 9.17) is 0 Å². The summed E-state index contributed by atoms with van der Waals surface area (Å²) in [6, 6.07) is 0. The van der Waals surface area contributed by atoms with Gasteiger partial charge in [-0.3, -0.25) is 0 Å². The van der Waals surface area contributed by atoms with Gasteiger partial charge >= 0.3 is 0 Å². The van der Waals surface area contributed by atoms with Gasteiger partial charge in [0.05, 0.1) is 24.4 Å². The molecule has 0 saturated heterocycles. The van der Waals surface area contributed by atoms with E-state index in [1.807, 2.05) is 0 Å². The first-order valence-corrected chi connectivity index (χ1v) is 4.85. The lowest BCUT2D eigenvalue weighted by Crippen LogP contribution is -2.66. The predicted octanol–water partition coefficient (Wildman–Crippen LogP) is -0.504. The van der Waals surface area contributed by atoms with Crippen LogP contribution in [0, 0.1) is 10.8 Å². The fourth-order valence-corrected chi connectivity index (χ4v) is 1.98. The molecular weight excluding hydrogens is 184 g/mol. The average Bonchev–Trinajstić information content (AvgIpc) is 2.11. The monoisotopic (exact) mass is 204 g/mol. The summed E-state index contributed by atoms with van der Waals surface area (Å²) in [5, 5.41) is 39.2. The van der Waals surface area contributed by atoms with E-state index in [0.717, 1.165) is 0 Å². The first-order chi connectivity index (χ1) is 6.13. The van der Waals surface area contributed by atoms with Crippen molar-refractivity contribution in [2.75, 3.05) is 0 Å². The Hall–Kier alpha value is -0.160. The smallest absolute Gasteiger partial charge is 0.0881 e. The van der Waals surface area contributed by atoms with Gasteiger partial charge in [0.25, 0.3) is 0 Å². The first-order valence-electron chi connectivity index (χ1n) is 4.85. The standard InChI is InChI=1S/C10H20O4/c1-9(2)5(11)7(13)10(3,4)8(14)6(9)12/h5-8,11-14H,1-4H3. The van der Waals surface area contributed by atoms with Crippen molar-refractivity contribution in [2.45, 2.75) is 52.1 Å². The second-order valence-electron chi connectivity index (χ2n) is 5.42. The topological polar surface area (TPSA) is 80.9 Å². The molecule has 0 aromatic heterocycles. The van der Waals surface area contributed by atoms with Gasteiger partial charge in [0.1, 0.15) is 0 Å². The molecule has 0 heterocycles. The van der Waals surface area contributed by atoms with E-state index in [1.54, 1.807) is 27.7 Å². The van der Waals surface area contributed by atoms with Crippen LogP contribution in [-0.4, -0.2) is 44.8 Å². The fourth-order valence-electron chi connectivity index (χ4n) is 1.98. The van der Waals surface area contributed by atoms with Crippen molar-refractivity contribution in [3.05, 3.63) is 0 Å². The molecule has 14 heavy (non-hydrogen) atoms. The largest absolute Gasteiger partial charge is 0.390 e. The van der Waals surface area contributed by atoms with Gasteiger partial charge < -0.3 is 20.4 Å². The van der Waals surface area contributed by atoms with Gasteiger partial charge in [0, 0.05) is 10.8 Å². The van der Waals surface area contributed by atoms with Gasteiger partial charge in [0.15, 0.2) is 0 Å². The van der Waals surface area contributed by atoms with Crippen LogP contribution in [0.1, 0.15) is 27.7 Å². The number of hydrogen-bond acceptors (Lipinski definition) is 4. The maximum absolute atomic E-state index is 9.81. The van der Waals surface area contributed by atoms with Crippen LogP contribution in [0.25, 0.3) is 0 Å². The summed E-state index contributed by atoms with van der Waals surface area (Å²) in [6.07, 6.45) is -4.13. The van der Waals surface area contributed by atoms with E-state index in [1.165, 1.54) is 0 Å². The highest BCUT2D eigenvalue weighted by Gasteiger charge is 2.57. The van der Waals surface area contributed by atoms with Crippen molar-refractivity contribution < 1.29 is 20.4 Å². The second kappa shape index (κ2) is 3.17. The van der Waals surface area contributed by atoms with E-state index < -0.39 is 35.2 Å². The molecule has 4 heteroatoms. The Balaban J connectivity index is 3.07. The Kier molecular flexibility index (Phi) is 2.69. The van der Waals surface area contributed by atoms with Gasteiger partial charge in [-0.05, 0) is 0 Å². The highest BCUT2D eigenvalue weighted by atomic mass is 16.4. The quantitative estimate of drug-likeness (QED) is 0.428. The van der Waals surface area contributed by atoms with Crippen LogP contribution in [0.5, 0.6) is 0 Å². The summed E-state index contributed by atoms with van der Waals surface area (Å²) in [5.41, 5.74) is -1.79. The molecule has 1 aliphatic carbocycles. The number of rotatable bonds is 0. The molecule has 1 aliphatic rings. The highest BCUT2D eigenvalue weighted by Crippen LogP contribution is 2.45. The van der Waals surface area contributed by atoms with Crippen LogP contribution in [0.3, 0.4) is 0 Å². The normalized spacial score (nSPS) is 46.3. The summed E-state index contributed by atoms with van der Waals surface area (Å²) in [6.45, 7) is 6.52. The van der Waals surface area contributed by atoms with Crippen LogP contribution in [0.4, 0.5) is 0 Å². The Labute approximate surface area is 84.2 Å². The van der Waals surface area contributed by atoms with E-state index in [9.17, 15) is 20.4 Å². The molecule has 0 aromatic rings. The van der Waals surface area contributed by atoms with E-state index in [0.29, 0.717) is 0 Å². The number of aliphatic hydroxyl groups excluding tert-OH is 4. The van der Waals surface area contributed by atoms with Crippen molar-refractivity contribution in [1.29, 1.82) is 0 Å². The minimum Gasteiger partial charge on any atom is -0.390 e. The number of aliphatic hydroxyl groups is 4. The summed E-state index contributed by atoms with van der Waals surface area (Å²) in [5.74, 6) is 0. The molecule has 0 bridgehead atoms. The zero-order valence-corrected chi connectivity index (χ0v) is 9.10. The van der Waals surface area contributed by atoms with Gasteiger partial charge in [-0.1, -0.05) is 27.7 Å². The minimum absolute atomic E-state index is 0.894. The molecule has 4 nitrogen and oxygen atoms in total. The van der Waals surface area contributed by atoms with Crippen molar-refractivity contribution in [3.63, 3.8) is 0 Å². The third kappa shape index (κ3) is 1.37. The van der Waals surface area contributed by atoms with Crippen molar-refractivity contribution in [2.24, 2.45) is 10.8 Å². The second-order valence-corrected chi connectivity index (χ2v) is 5.42. The van der Waals surface area contributed by atoms with Crippen LogP contribution in [0.15, 0.2) is 0 Å². The molecule has 1 saturated carbocycles. The van der Waals surface area contributed by atoms with Crippen LogP contribution < -0.4 is 0 Å². The molecule has 1 fully saturated rings. The molecule has 0 amide bonds. The molecule has 4 unspecified atom stereocenters. The fraction of sp³-hybridized carbons (Fsp3) is 1.00. The lowest BCUT2D eigenvalue weighted by atomic mass is 9.60. The average molecular weight is 204 g/mol. The van der Waals surface area contributed by atoms with Crippen LogP contribution in [0.2, 0.25) is 0 Å². The minimum atomic E-state index is -1.03. The predicted molar refractivity (Wildman–Crippen MR) is 51.6 cm³/mol. The Bertz CT molecular complexity index is 180. The van der Waals surface area contributed by atoms with E-state index in [-0.39, 0.29) is 0 Å². The molecule has 0 radical (unpaired) electrons. The van der Waals surface area contributed by atoms with Gasteiger partial charge in [-0.2, -0.15) is 0 Å². The summed E-state index contributed by atoms with van der Waals surface area (Å²) < 4.78 is 0. The molecule has 1 rings (SSSR count). The molecular formula is C10H20O4. The van der Waals surface area contributed by atoms with Gasteiger partial charge in [-0.25, -0.2) is 0 Å². The van der Waals surface area contributed by atoms with Gasteiger partial charge in [0.2, 0.25) is 0 Å². The molecule has 4 atom stereocenters.